The smallest absolute Gasteiger partial charge is 0.407 e. The molecule has 0 aliphatic rings. The van der Waals surface area contributed by atoms with Crippen molar-refractivity contribution < 1.29 is 14.6 Å². The normalized spacial score (nSPS) is 13.6. The molecule has 4 nitrogen and oxygen atoms in total. The Morgan fingerprint density at radius 3 is 2.63 bits per heavy atom. The molecule has 0 spiro atoms. The minimum Gasteiger partial charge on any atom is -0.445 e. The molecule has 0 saturated heterocycles. The fourth-order valence-corrected chi connectivity index (χ4v) is 1.82. The van der Waals surface area contributed by atoms with Crippen LogP contribution in [0.5, 0.6) is 0 Å². The number of benzene rings is 1. The maximum Gasteiger partial charge on any atom is 0.407 e. The second kappa shape index (κ2) is 8.53. The molecule has 106 valence electrons. The van der Waals surface area contributed by atoms with Crippen LogP contribution in [0.4, 0.5) is 4.79 Å². The van der Waals surface area contributed by atoms with Crippen LogP contribution in [0.3, 0.4) is 0 Å². The number of hydrogen-bond donors (Lipinski definition) is 2. The summed E-state index contributed by atoms with van der Waals surface area (Å²) >= 11 is 0. The van der Waals surface area contributed by atoms with Crippen LogP contribution in [-0.2, 0) is 11.3 Å². The number of aliphatic hydroxyl groups is 1. The number of hydrogen-bond acceptors (Lipinski definition) is 3. The SMILES string of the molecule is CC[C@H](CC(C)CO)NC(=O)OCc1ccccc1. The van der Waals surface area contributed by atoms with E-state index in [2.05, 4.69) is 5.32 Å². The van der Waals surface area contributed by atoms with Gasteiger partial charge in [0.1, 0.15) is 6.61 Å². The number of amides is 1. The second-order valence-electron chi connectivity index (χ2n) is 4.83. The van der Waals surface area contributed by atoms with Crippen molar-refractivity contribution in [1.82, 2.24) is 5.32 Å². The van der Waals surface area contributed by atoms with Crippen LogP contribution in [0.25, 0.3) is 0 Å². The van der Waals surface area contributed by atoms with Gasteiger partial charge in [0.25, 0.3) is 0 Å². The molecule has 1 rings (SSSR count). The summed E-state index contributed by atoms with van der Waals surface area (Å²) < 4.78 is 5.16. The van der Waals surface area contributed by atoms with Gasteiger partial charge < -0.3 is 15.2 Å². The molecular weight excluding hydrogens is 242 g/mol. The minimum absolute atomic E-state index is 0.0467. The Labute approximate surface area is 114 Å². The monoisotopic (exact) mass is 265 g/mol. The highest BCUT2D eigenvalue weighted by molar-refractivity contribution is 5.67. The van der Waals surface area contributed by atoms with Crippen LogP contribution in [0.2, 0.25) is 0 Å². The average molecular weight is 265 g/mol. The zero-order valence-electron chi connectivity index (χ0n) is 11.6. The Bertz CT molecular complexity index is 367. The van der Waals surface area contributed by atoms with Crippen LogP contribution in [0.15, 0.2) is 30.3 Å². The maximum absolute atomic E-state index is 11.7. The third kappa shape index (κ3) is 6.25. The van der Waals surface area contributed by atoms with Crippen molar-refractivity contribution in [1.29, 1.82) is 0 Å². The van der Waals surface area contributed by atoms with E-state index in [0.717, 1.165) is 18.4 Å². The van der Waals surface area contributed by atoms with Crippen molar-refractivity contribution in [3.8, 4) is 0 Å². The van der Waals surface area contributed by atoms with Gasteiger partial charge in [-0.1, -0.05) is 44.2 Å². The average Bonchev–Trinajstić information content (AvgIpc) is 2.45. The molecule has 2 N–H and O–H groups in total. The van der Waals surface area contributed by atoms with E-state index in [1.165, 1.54) is 0 Å². The van der Waals surface area contributed by atoms with E-state index in [1.807, 2.05) is 44.2 Å². The van der Waals surface area contributed by atoms with E-state index in [9.17, 15) is 4.79 Å². The van der Waals surface area contributed by atoms with E-state index in [4.69, 9.17) is 9.84 Å². The summed E-state index contributed by atoms with van der Waals surface area (Å²) in [5, 5.41) is 11.9. The Kier molecular flexibility index (Phi) is 6.97. The fraction of sp³-hybridized carbons (Fsp3) is 0.533. The van der Waals surface area contributed by atoms with Gasteiger partial charge in [-0.15, -0.1) is 0 Å². The first kappa shape index (κ1) is 15.5. The first-order chi connectivity index (χ1) is 9.15. The second-order valence-corrected chi connectivity index (χ2v) is 4.83. The highest BCUT2D eigenvalue weighted by Gasteiger charge is 2.14. The number of carbonyl (C=O) groups excluding carboxylic acids is 1. The molecule has 0 heterocycles. The van der Waals surface area contributed by atoms with Gasteiger partial charge in [-0.3, -0.25) is 0 Å². The van der Waals surface area contributed by atoms with Gasteiger partial charge in [-0.2, -0.15) is 0 Å². The molecule has 1 amide bonds. The Balaban J connectivity index is 2.33. The molecule has 4 heteroatoms. The van der Waals surface area contributed by atoms with Crippen molar-refractivity contribution in [2.24, 2.45) is 5.92 Å². The fourth-order valence-electron chi connectivity index (χ4n) is 1.82. The number of rotatable bonds is 7. The molecule has 2 atom stereocenters. The van der Waals surface area contributed by atoms with Crippen LogP contribution in [-0.4, -0.2) is 23.8 Å². The van der Waals surface area contributed by atoms with E-state index < -0.39 is 6.09 Å². The molecule has 0 fully saturated rings. The summed E-state index contributed by atoms with van der Waals surface area (Å²) in [5.74, 6) is 0.180. The summed E-state index contributed by atoms with van der Waals surface area (Å²) in [7, 11) is 0. The molecule has 0 aromatic heterocycles. The van der Waals surface area contributed by atoms with Crippen molar-refractivity contribution in [3.05, 3.63) is 35.9 Å². The lowest BCUT2D eigenvalue weighted by atomic mass is 10.0. The molecular formula is C15H23NO3. The van der Waals surface area contributed by atoms with Crippen LogP contribution in [0.1, 0.15) is 32.3 Å². The summed E-state index contributed by atoms with van der Waals surface area (Å²) in [6.45, 7) is 4.38. The van der Waals surface area contributed by atoms with Gasteiger partial charge >= 0.3 is 6.09 Å². The summed E-state index contributed by atoms with van der Waals surface area (Å²) in [6, 6.07) is 9.62. The largest absolute Gasteiger partial charge is 0.445 e. The third-order valence-corrected chi connectivity index (χ3v) is 3.03. The van der Waals surface area contributed by atoms with Crippen molar-refractivity contribution in [3.63, 3.8) is 0 Å². The quantitative estimate of drug-likeness (QED) is 0.797. The molecule has 1 unspecified atom stereocenters. The van der Waals surface area contributed by atoms with Crippen molar-refractivity contribution >= 4 is 6.09 Å². The Morgan fingerprint density at radius 2 is 2.05 bits per heavy atom. The maximum atomic E-state index is 11.7. The number of alkyl carbamates (subject to hydrolysis) is 1. The number of carbonyl (C=O) groups is 1. The first-order valence-electron chi connectivity index (χ1n) is 6.73. The number of ether oxygens (including phenoxy) is 1. The number of aliphatic hydroxyl groups excluding tert-OH is 1. The Morgan fingerprint density at radius 1 is 1.37 bits per heavy atom. The highest BCUT2D eigenvalue weighted by atomic mass is 16.5. The summed E-state index contributed by atoms with van der Waals surface area (Å²) in [4.78, 5) is 11.7. The van der Waals surface area contributed by atoms with Crippen LogP contribution < -0.4 is 5.32 Å². The lowest BCUT2D eigenvalue weighted by Crippen LogP contribution is -2.36. The van der Waals surface area contributed by atoms with E-state index in [-0.39, 0.29) is 25.2 Å². The van der Waals surface area contributed by atoms with Gasteiger partial charge in [0.2, 0.25) is 0 Å². The predicted octanol–water partition coefficient (Wildman–Crippen LogP) is 2.71. The molecule has 0 bridgehead atoms. The van der Waals surface area contributed by atoms with E-state index in [1.54, 1.807) is 0 Å². The molecule has 1 aromatic carbocycles. The summed E-state index contributed by atoms with van der Waals surface area (Å²) in [5.41, 5.74) is 0.967. The number of nitrogens with one attached hydrogen (secondary N) is 1. The molecule has 0 aliphatic carbocycles. The lowest BCUT2D eigenvalue weighted by molar-refractivity contribution is 0.132. The predicted molar refractivity (Wildman–Crippen MR) is 74.7 cm³/mol. The van der Waals surface area contributed by atoms with Gasteiger partial charge in [0, 0.05) is 12.6 Å². The standard InChI is InChI=1S/C15H23NO3/c1-3-14(9-12(2)10-17)16-15(18)19-11-13-7-5-4-6-8-13/h4-8,12,14,17H,3,9-11H2,1-2H3,(H,16,18)/t12?,14-/m1/s1. The lowest BCUT2D eigenvalue weighted by Gasteiger charge is -2.19. The zero-order valence-corrected chi connectivity index (χ0v) is 11.6. The molecule has 0 radical (unpaired) electrons. The molecule has 0 aliphatic heterocycles. The third-order valence-electron chi connectivity index (χ3n) is 3.03. The molecule has 1 aromatic rings. The molecule has 19 heavy (non-hydrogen) atoms. The van der Waals surface area contributed by atoms with Crippen molar-refractivity contribution in [2.45, 2.75) is 39.3 Å². The van der Waals surface area contributed by atoms with Gasteiger partial charge in [-0.05, 0) is 24.3 Å². The zero-order chi connectivity index (χ0) is 14.1. The first-order valence-corrected chi connectivity index (χ1v) is 6.73. The van der Waals surface area contributed by atoms with Crippen LogP contribution in [0, 0.1) is 5.92 Å². The van der Waals surface area contributed by atoms with E-state index in [0.29, 0.717) is 0 Å². The van der Waals surface area contributed by atoms with Gasteiger partial charge in [-0.25, -0.2) is 4.79 Å². The highest BCUT2D eigenvalue weighted by Crippen LogP contribution is 2.08. The Hall–Kier alpha value is -1.55. The van der Waals surface area contributed by atoms with Gasteiger partial charge in [0.15, 0.2) is 0 Å². The molecule has 0 saturated carbocycles. The van der Waals surface area contributed by atoms with Crippen LogP contribution >= 0.6 is 0 Å². The summed E-state index contributed by atoms with van der Waals surface area (Å²) in [6.07, 6.45) is 1.18. The van der Waals surface area contributed by atoms with Crippen molar-refractivity contribution in [2.75, 3.05) is 6.61 Å². The van der Waals surface area contributed by atoms with Gasteiger partial charge in [0.05, 0.1) is 0 Å². The van der Waals surface area contributed by atoms with E-state index >= 15 is 0 Å². The topological polar surface area (TPSA) is 58.6 Å². The minimum atomic E-state index is -0.402.